The van der Waals surface area contributed by atoms with Crippen molar-refractivity contribution in [2.24, 2.45) is 11.7 Å². The molecule has 1 amide bonds. The van der Waals surface area contributed by atoms with E-state index in [9.17, 15) is 9.90 Å². The van der Waals surface area contributed by atoms with Crippen molar-refractivity contribution in [3.8, 4) is 11.5 Å². The van der Waals surface area contributed by atoms with Crippen molar-refractivity contribution < 1.29 is 19.4 Å². The maximum Gasteiger partial charge on any atom is 0.237 e. The molecule has 122 valence electrons. The Kier molecular flexibility index (Phi) is 5.50. The third kappa shape index (κ3) is 3.82. The van der Waals surface area contributed by atoms with Gasteiger partial charge in [0.05, 0.1) is 17.2 Å². The Hall–Kier alpha value is -1.50. The van der Waals surface area contributed by atoms with E-state index in [2.05, 4.69) is 5.32 Å². The Morgan fingerprint density at radius 3 is 2.77 bits per heavy atom. The molecule has 0 fully saturated rings. The minimum Gasteiger partial charge on any atom is -0.486 e. The van der Waals surface area contributed by atoms with Crippen LogP contribution >= 0.6 is 11.6 Å². The second-order valence-corrected chi connectivity index (χ2v) is 5.96. The molecule has 1 heterocycles. The summed E-state index contributed by atoms with van der Waals surface area (Å²) < 4.78 is 10.9. The maximum absolute atomic E-state index is 11.8. The van der Waals surface area contributed by atoms with Crippen LogP contribution in [-0.2, 0) is 4.79 Å². The fourth-order valence-electron chi connectivity index (χ4n) is 2.06. The van der Waals surface area contributed by atoms with Gasteiger partial charge in [0.15, 0.2) is 11.5 Å². The minimum absolute atomic E-state index is 0.0286. The molecule has 0 aliphatic carbocycles. The van der Waals surface area contributed by atoms with E-state index < -0.39 is 12.1 Å². The molecule has 1 aromatic carbocycles. The lowest BCUT2D eigenvalue weighted by molar-refractivity contribution is -0.123. The number of benzene rings is 1. The number of fused-ring (bicyclic) bond motifs is 1. The number of aliphatic hydroxyl groups is 1. The van der Waals surface area contributed by atoms with Gasteiger partial charge >= 0.3 is 0 Å². The number of ether oxygens (including phenoxy) is 2. The summed E-state index contributed by atoms with van der Waals surface area (Å²) in [5.41, 5.74) is 6.30. The number of halogens is 1. The van der Waals surface area contributed by atoms with Gasteiger partial charge < -0.3 is 25.6 Å². The molecule has 1 unspecified atom stereocenters. The van der Waals surface area contributed by atoms with Gasteiger partial charge in [0.1, 0.15) is 13.2 Å². The Bertz CT molecular complexity index is 551. The molecule has 0 aromatic heterocycles. The van der Waals surface area contributed by atoms with Gasteiger partial charge in [-0.3, -0.25) is 4.79 Å². The van der Waals surface area contributed by atoms with E-state index in [0.717, 1.165) is 0 Å². The van der Waals surface area contributed by atoms with E-state index in [4.69, 9.17) is 26.8 Å². The summed E-state index contributed by atoms with van der Waals surface area (Å²) in [5.74, 6) is 0.714. The van der Waals surface area contributed by atoms with Crippen molar-refractivity contribution in [3.63, 3.8) is 0 Å². The van der Waals surface area contributed by atoms with Crippen LogP contribution < -0.4 is 20.5 Å². The Labute approximate surface area is 134 Å². The minimum atomic E-state index is -0.906. The van der Waals surface area contributed by atoms with Crippen LogP contribution in [0.1, 0.15) is 25.5 Å². The van der Waals surface area contributed by atoms with E-state index in [1.807, 2.05) is 13.8 Å². The molecule has 6 nitrogen and oxygen atoms in total. The molecule has 0 bridgehead atoms. The van der Waals surface area contributed by atoms with Crippen LogP contribution in [0.15, 0.2) is 12.1 Å². The van der Waals surface area contributed by atoms with Crippen molar-refractivity contribution in [1.82, 2.24) is 5.32 Å². The van der Waals surface area contributed by atoms with Crippen LogP contribution in [0, 0.1) is 5.92 Å². The average molecular weight is 329 g/mol. The summed E-state index contributed by atoms with van der Waals surface area (Å²) in [6.45, 7) is 4.65. The molecule has 0 radical (unpaired) electrons. The number of nitrogens with one attached hydrogen (secondary N) is 1. The highest BCUT2D eigenvalue weighted by molar-refractivity contribution is 6.32. The second-order valence-electron chi connectivity index (χ2n) is 5.56. The van der Waals surface area contributed by atoms with Gasteiger partial charge in [-0.1, -0.05) is 25.4 Å². The van der Waals surface area contributed by atoms with Crippen LogP contribution in [-0.4, -0.2) is 36.8 Å². The summed E-state index contributed by atoms with van der Waals surface area (Å²) in [5, 5.41) is 13.2. The SMILES string of the molecule is CC(C)[C@H](N)C(=O)NCC(O)c1cc(Cl)c2c(c1)OCCO2. The molecule has 1 aromatic rings. The zero-order valence-electron chi connectivity index (χ0n) is 12.6. The van der Waals surface area contributed by atoms with Gasteiger partial charge in [-0.2, -0.15) is 0 Å². The summed E-state index contributed by atoms with van der Waals surface area (Å²) in [7, 11) is 0. The molecule has 2 rings (SSSR count). The molecule has 0 spiro atoms. The normalized spacial score (nSPS) is 16.3. The van der Waals surface area contributed by atoms with Crippen molar-refractivity contribution in [2.75, 3.05) is 19.8 Å². The van der Waals surface area contributed by atoms with E-state index in [1.54, 1.807) is 12.1 Å². The highest BCUT2D eigenvalue weighted by Gasteiger charge is 2.21. The van der Waals surface area contributed by atoms with Gasteiger partial charge in [0.25, 0.3) is 0 Å². The van der Waals surface area contributed by atoms with Gasteiger partial charge in [-0.05, 0) is 23.6 Å². The first-order valence-electron chi connectivity index (χ1n) is 7.20. The number of carbonyl (C=O) groups excluding carboxylic acids is 1. The standard InChI is InChI=1S/C15H21ClN2O4/c1-8(2)13(17)15(20)18-7-11(19)9-5-10(16)14-12(6-9)21-3-4-22-14/h5-6,8,11,13,19H,3-4,7,17H2,1-2H3,(H,18,20)/t11?,13-/m0/s1. The van der Waals surface area contributed by atoms with Gasteiger partial charge in [0, 0.05) is 6.54 Å². The lowest BCUT2D eigenvalue weighted by Gasteiger charge is -2.22. The number of aliphatic hydroxyl groups excluding tert-OH is 1. The van der Waals surface area contributed by atoms with E-state index >= 15 is 0 Å². The molecule has 2 atom stereocenters. The van der Waals surface area contributed by atoms with Crippen LogP contribution in [0.3, 0.4) is 0 Å². The molecule has 1 aliphatic heterocycles. The third-order valence-electron chi connectivity index (χ3n) is 3.49. The fraction of sp³-hybridized carbons (Fsp3) is 0.533. The fourth-order valence-corrected chi connectivity index (χ4v) is 2.33. The molecule has 0 saturated heterocycles. The molecule has 0 saturated carbocycles. The largest absolute Gasteiger partial charge is 0.486 e. The highest BCUT2D eigenvalue weighted by Crippen LogP contribution is 2.39. The van der Waals surface area contributed by atoms with Gasteiger partial charge in [-0.15, -0.1) is 0 Å². The summed E-state index contributed by atoms with van der Waals surface area (Å²) >= 11 is 6.12. The third-order valence-corrected chi connectivity index (χ3v) is 3.78. The number of nitrogens with two attached hydrogens (primary N) is 1. The van der Waals surface area contributed by atoms with Crippen molar-refractivity contribution in [2.45, 2.75) is 26.0 Å². The van der Waals surface area contributed by atoms with Crippen LogP contribution in [0.2, 0.25) is 5.02 Å². The molecule has 4 N–H and O–H groups in total. The monoisotopic (exact) mass is 328 g/mol. The van der Waals surface area contributed by atoms with Gasteiger partial charge in [-0.25, -0.2) is 0 Å². The Balaban J connectivity index is 2.02. The number of amides is 1. The van der Waals surface area contributed by atoms with E-state index in [0.29, 0.717) is 35.3 Å². The quantitative estimate of drug-likeness (QED) is 0.756. The van der Waals surface area contributed by atoms with Crippen molar-refractivity contribution in [3.05, 3.63) is 22.7 Å². The maximum atomic E-state index is 11.8. The zero-order chi connectivity index (χ0) is 16.3. The van der Waals surface area contributed by atoms with Crippen LogP contribution in [0.5, 0.6) is 11.5 Å². The molecular weight excluding hydrogens is 308 g/mol. The number of hydrogen-bond donors (Lipinski definition) is 3. The molecular formula is C15H21ClN2O4. The number of rotatable bonds is 5. The van der Waals surface area contributed by atoms with Crippen molar-refractivity contribution in [1.29, 1.82) is 0 Å². The molecule has 22 heavy (non-hydrogen) atoms. The average Bonchev–Trinajstić information content (AvgIpc) is 2.51. The lowest BCUT2D eigenvalue weighted by atomic mass is 10.0. The van der Waals surface area contributed by atoms with Crippen LogP contribution in [0.25, 0.3) is 0 Å². The highest BCUT2D eigenvalue weighted by atomic mass is 35.5. The topological polar surface area (TPSA) is 93.8 Å². The Morgan fingerprint density at radius 1 is 1.41 bits per heavy atom. The van der Waals surface area contributed by atoms with Crippen LogP contribution in [0.4, 0.5) is 0 Å². The predicted molar refractivity (Wildman–Crippen MR) is 83.2 cm³/mol. The lowest BCUT2D eigenvalue weighted by Crippen LogP contribution is -2.45. The smallest absolute Gasteiger partial charge is 0.237 e. The van der Waals surface area contributed by atoms with E-state index in [1.165, 1.54) is 0 Å². The Morgan fingerprint density at radius 2 is 2.09 bits per heavy atom. The first-order chi connectivity index (χ1) is 10.4. The number of carbonyl (C=O) groups is 1. The molecule has 7 heteroatoms. The molecule has 1 aliphatic rings. The summed E-state index contributed by atoms with van der Waals surface area (Å²) in [6.07, 6.45) is -0.906. The summed E-state index contributed by atoms with van der Waals surface area (Å²) in [6, 6.07) is 2.67. The van der Waals surface area contributed by atoms with Crippen molar-refractivity contribution >= 4 is 17.5 Å². The van der Waals surface area contributed by atoms with Gasteiger partial charge in [0.2, 0.25) is 5.91 Å². The van der Waals surface area contributed by atoms with E-state index in [-0.39, 0.29) is 18.4 Å². The summed E-state index contributed by atoms with van der Waals surface area (Å²) in [4.78, 5) is 11.8. The first kappa shape index (κ1) is 16.9. The second kappa shape index (κ2) is 7.17. The first-order valence-corrected chi connectivity index (χ1v) is 7.58. The predicted octanol–water partition coefficient (Wildman–Crippen LogP) is 1.24. The number of hydrogen-bond acceptors (Lipinski definition) is 5. The zero-order valence-corrected chi connectivity index (χ0v) is 13.4.